The second-order valence-electron chi connectivity index (χ2n) is 4.63. The molecule has 0 spiro atoms. The minimum atomic E-state index is -0.130. The van der Waals surface area contributed by atoms with Gasteiger partial charge in [0.15, 0.2) is 6.19 Å². The highest BCUT2D eigenvalue weighted by Gasteiger charge is 2.42. The van der Waals surface area contributed by atoms with Gasteiger partial charge in [-0.15, -0.1) is 0 Å². The summed E-state index contributed by atoms with van der Waals surface area (Å²) >= 11 is 0. The highest BCUT2D eigenvalue weighted by atomic mass is 16.2. The zero-order valence-electron chi connectivity index (χ0n) is 11.1. The van der Waals surface area contributed by atoms with Gasteiger partial charge in [-0.05, 0) is 32.2 Å². The van der Waals surface area contributed by atoms with Crippen LogP contribution < -0.4 is 5.32 Å². The average molecular weight is 237 g/mol. The largest absolute Gasteiger partial charge is 0.292 e. The van der Waals surface area contributed by atoms with Crippen molar-refractivity contribution < 1.29 is 4.79 Å². The summed E-state index contributed by atoms with van der Waals surface area (Å²) in [7, 11) is 2.01. The summed E-state index contributed by atoms with van der Waals surface area (Å²) in [5, 5.41) is 10.7. The lowest BCUT2D eigenvalue weighted by atomic mass is 9.85. The summed E-state index contributed by atoms with van der Waals surface area (Å²) < 4.78 is 0. The Balaban J connectivity index is 0.000000686. The standard InChI is InChI=1S/C11H17N3O.C2H6/c1-14-9-5-3-2-4-8(9)6-10(14)11(15)13-7-12;1-2/h8-10H,2-6H2,1H3,(H,13,15);1-2H3. The van der Waals surface area contributed by atoms with Crippen LogP contribution in [0.15, 0.2) is 0 Å². The van der Waals surface area contributed by atoms with Crippen molar-refractivity contribution in [2.24, 2.45) is 5.92 Å². The van der Waals surface area contributed by atoms with Crippen LogP contribution in [0.3, 0.4) is 0 Å². The Hall–Kier alpha value is -1.08. The highest BCUT2D eigenvalue weighted by molar-refractivity contribution is 5.83. The first kappa shape index (κ1) is 14.0. The lowest BCUT2D eigenvalue weighted by molar-refractivity contribution is -0.124. The number of nitrogens with one attached hydrogen (secondary N) is 1. The summed E-state index contributed by atoms with van der Waals surface area (Å²) in [6.07, 6.45) is 7.66. The molecule has 0 aromatic carbocycles. The van der Waals surface area contributed by atoms with Gasteiger partial charge >= 0.3 is 0 Å². The molecule has 0 radical (unpaired) electrons. The SMILES string of the molecule is CC.CN1C(C(=O)NC#N)CC2CCCCC21. The molecule has 3 atom stereocenters. The molecule has 1 heterocycles. The molecular formula is C13H23N3O. The summed E-state index contributed by atoms with van der Waals surface area (Å²) in [6, 6.07) is 0.478. The second-order valence-corrected chi connectivity index (χ2v) is 4.63. The van der Waals surface area contributed by atoms with E-state index in [2.05, 4.69) is 10.2 Å². The van der Waals surface area contributed by atoms with Crippen LogP contribution in [0.25, 0.3) is 0 Å². The topological polar surface area (TPSA) is 56.1 Å². The number of hydrogen-bond donors (Lipinski definition) is 1. The number of likely N-dealkylation sites (tertiary alicyclic amines) is 1. The van der Waals surface area contributed by atoms with Gasteiger partial charge in [0.05, 0.1) is 6.04 Å². The minimum absolute atomic E-state index is 0.0854. The van der Waals surface area contributed by atoms with Gasteiger partial charge in [-0.3, -0.25) is 15.0 Å². The average Bonchev–Trinajstić information content (AvgIpc) is 2.70. The summed E-state index contributed by atoms with van der Waals surface area (Å²) in [6.45, 7) is 4.00. The summed E-state index contributed by atoms with van der Waals surface area (Å²) in [4.78, 5) is 13.8. The predicted octanol–water partition coefficient (Wildman–Crippen LogP) is 1.87. The number of carbonyl (C=O) groups is 1. The first-order chi connectivity index (χ1) is 8.24. The van der Waals surface area contributed by atoms with E-state index in [9.17, 15) is 4.79 Å². The molecule has 1 aliphatic heterocycles. The third kappa shape index (κ3) is 2.98. The quantitative estimate of drug-likeness (QED) is 0.559. The molecule has 1 saturated carbocycles. The molecule has 2 aliphatic rings. The van der Waals surface area contributed by atoms with Gasteiger partial charge in [0.25, 0.3) is 0 Å². The fourth-order valence-electron chi connectivity index (χ4n) is 3.11. The van der Waals surface area contributed by atoms with Crippen molar-refractivity contribution in [1.82, 2.24) is 10.2 Å². The van der Waals surface area contributed by atoms with Crippen molar-refractivity contribution in [1.29, 1.82) is 5.26 Å². The second kappa shape index (κ2) is 6.61. The third-order valence-electron chi connectivity index (χ3n) is 3.89. The molecule has 0 aromatic rings. The fraction of sp³-hybridized carbons (Fsp3) is 0.846. The number of amides is 1. The number of nitrogens with zero attached hydrogens (tertiary/aromatic N) is 2. The van der Waals surface area contributed by atoms with Crippen LogP contribution in [0.5, 0.6) is 0 Å². The Bertz CT molecular complexity index is 298. The molecule has 1 aliphatic carbocycles. The molecule has 2 fully saturated rings. The van der Waals surface area contributed by atoms with E-state index < -0.39 is 0 Å². The molecule has 3 unspecified atom stereocenters. The molecule has 2 rings (SSSR count). The van der Waals surface area contributed by atoms with Crippen molar-refractivity contribution in [3.05, 3.63) is 0 Å². The highest BCUT2D eigenvalue weighted by Crippen LogP contribution is 2.38. The van der Waals surface area contributed by atoms with Crippen LogP contribution >= 0.6 is 0 Å². The number of hydrogen-bond acceptors (Lipinski definition) is 3. The van der Waals surface area contributed by atoms with E-state index in [1.807, 2.05) is 20.9 Å². The van der Waals surface area contributed by atoms with Gasteiger partial charge < -0.3 is 0 Å². The van der Waals surface area contributed by atoms with Crippen LogP contribution in [0.2, 0.25) is 0 Å². The van der Waals surface area contributed by atoms with Gasteiger partial charge in [0.1, 0.15) is 0 Å². The van der Waals surface area contributed by atoms with Crippen LogP contribution in [0, 0.1) is 17.4 Å². The molecule has 0 bridgehead atoms. The maximum atomic E-state index is 11.6. The Kier molecular flexibility index (Phi) is 5.43. The van der Waals surface area contributed by atoms with Gasteiger partial charge in [-0.25, -0.2) is 0 Å². The molecule has 4 heteroatoms. The van der Waals surface area contributed by atoms with Crippen LogP contribution in [0.4, 0.5) is 0 Å². The van der Waals surface area contributed by atoms with E-state index in [0.29, 0.717) is 12.0 Å². The first-order valence-corrected chi connectivity index (χ1v) is 6.65. The zero-order chi connectivity index (χ0) is 12.8. The maximum absolute atomic E-state index is 11.6. The summed E-state index contributed by atoms with van der Waals surface area (Å²) in [5.41, 5.74) is 0. The van der Waals surface area contributed by atoms with E-state index >= 15 is 0 Å². The third-order valence-corrected chi connectivity index (χ3v) is 3.89. The number of likely N-dealkylation sites (N-methyl/N-ethyl adjacent to an activating group) is 1. The Morgan fingerprint density at radius 3 is 2.59 bits per heavy atom. The summed E-state index contributed by atoms with van der Waals surface area (Å²) in [5.74, 6) is 0.535. The van der Waals surface area contributed by atoms with Crippen molar-refractivity contribution in [3.8, 4) is 6.19 Å². The van der Waals surface area contributed by atoms with Crippen molar-refractivity contribution in [3.63, 3.8) is 0 Å². The first-order valence-electron chi connectivity index (χ1n) is 6.65. The lowest BCUT2D eigenvalue weighted by Gasteiger charge is -2.30. The van der Waals surface area contributed by atoms with E-state index in [1.54, 1.807) is 6.19 Å². The monoisotopic (exact) mass is 237 g/mol. The zero-order valence-corrected chi connectivity index (χ0v) is 11.1. The Morgan fingerprint density at radius 1 is 1.35 bits per heavy atom. The van der Waals surface area contributed by atoms with Crippen LogP contribution in [0.1, 0.15) is 46.0 Å². The molecular weight excluding hydrogens is 214 g/mol. The van der Waals surface area contributed by atoms with Crippen molar-refractivity contribution in [2.75, 3.05) is 7.05 Å². The molecule has 96 valence electrons. The Morgan fingerprint density at radius 2 is 2.00 bits per heavy atom. The van der Waals surface area contributed by atoms with Crippen molar-refractivity contribution >= 4 is 5.91 Å². The van der Waals surface area contributed by atoms with E-state index in [4.69, 9.17) is 5.26 Å². The number of carbonyl (C=O) groups excluding carboxylic acids is 1. The van der Waals surface area contributed by atoms with E-state index in [1.165, 1.54) is 25.7 Å². The molecule has 1 amide bonds. The van der Waals surface area contributed by atoms with Crippen LogP contribution in [-0.2, 0) is 4.79 Å². The molecule has 0 aromatic heterocycles. The van der Waals surface area contributed by atoms with Crippen LogP contribution in [-0.4, -0.2) is 29.9 Å². The van der Waals surface area contributed by atoms with Crippen molar-refractivity contribution in [2.45, 2.75) is 58.0 Å². The number of rotatable bonds is 1. The lowest BCUT2D eigenvalue weighted by Crippen LogP contribution is -2.43. The van der Waals surface area contributed by atoms with Gasteiger partial charge in [0, 0.05) is 6.04 Å². The minimum Gasteiger partial charge on any atom is -0.292 e. The molecule has 17 heavy (non-hydrogen) atoms. The van der Waals surface area contributed by atoms with E-state index in [0.717, 1.165) is 6.42 Å². The maximum Gasteiger partial charge on any atom is 0.250 e. The molecule has 4 nitrogen and oxygen atoms in total. The Labute approximate surface area is 104 Å². The van der Waals surface area contributed by atoms with E-state index in [-0.39, 0.29) is 11.9 Å². The number of fused-ring (bicyclic) bond motifs is 1. The molecule has 1 saturated heterocycles. The van der Waals surface area contributed by atoms with Gasteiger partial charge in [0.2, 0.25) is 5.91 Å². The smallest absolute Gasteiger partial charge is 0.250 e. The van der Waals surface area contributed by atoms with Gasteiger partial charge in [-0.1, -0.05) is 26.7 Å². The normalized spacial score (nSPS) is 31.8. The fourth-order valence-corrected chi connectivity index (χ4v) is 3.11. The predicted molar refractivity (Wildman–Crippen MR) is 67.0 cm³/mol. The number of nitriles is 1. The molecule has 1 N–H and O–H groups in total. The van der Waals surface area contributed by atoms with Gasteiger partial charge in [-0.2, -0.15) is 5.26 Å².